The van der Waals surface area contributed by atoms with Crippen LogP contribution < -0.4 is 11.1 Å². The molecule has 0 aliphatic rings. The van der Waals surface area contributed by atoms with E-state index in [1.165, 1.54) is 0 Å². The zero-order valence-corrected chi connectivity index (χ0v) is 9.32. The van der Waals surface area contributed by atoms with Crippen LogP contribution in [-0.4, -0.2) is 29.6 Å². The number of nitrogens with one attached hydrogen (secondary N) is 1. The molecule has 0 aliphatic carbocycles. The van der Waals surface area contributed by atoms with Gasteiger partial charge in [-0.1, -0.05) is 20.3 Å². The van der Waals surface area contributed by atoms with Crippen molar-refractivity contribution in [3.8, 4) is 0 Å². The molecule has 5 heteroatoms. The summed E-state index contributed by atoms with van der Waals surface area (Å²) in [5.41, 5.74) is 5.32. The second kappa shape index (κ2) is 7.23. The van der Waals surface area contributed by atoms with Gasteiger partial charge in [-0.2, -0.15) is 0 Å². The number of carboxylic acid groups (broad SMARTS) is 1. The number of carbonyl (C=O) groups excluding carboxylic acids is 1. The maximum Gasteiger partial charge on any atom is 0.326 e. The summed E-state index contributed by atoms with van der Waals surface area (Å²) in [6.07, 6.45) is 1.75. The molecule has 1 amide bonds. The number of hydrogen-bond donors (Lipinski definition) is 3. The third kappa shape index (κ3) is 5.37. The Morgan fingerprint density at radius 3 is 2.40 bits per heavy atom. The van der Waals surface area contributed by atoms with Crippen LogP contribution in [0.15, 0.2) is 0 Å². The van der Waals surface area contributed by atoms with Gasteiger partial charge >= 0.3 is 5.97 Å². The van der Waals surface area contributed by atoms with E-state index in [9.17, 15) is 9.59 Å². The van der Waals surface area contributed by atoms with Gasteiger partial charge in [-0.25, -0.2) is 4.79 Å². The summed E-state index contributed by atoms with van der Waals surface area (Å²) in [5.74, 6) is -1.44. The Hall–Kier alpha value is -1.10. The van der Waals surface area contributed by atoms with Gasteiger partial charge in [-0.05, 0) is 19.4 Å². The Bertz CT molecular complexity index is 219. The Morgan fingerprint density at radius 2 is 2.00 bits per heavy atom. The van der Waals surface area contributed by atoms with Crippen LogP contribution in [0.1, 0.15) is 33.1 Å². The Labute approximate surface area is 90.0 Å². The molecule has 15 heavy (non-hydrogen) atoms. The third-order valence-electron chi connectivity index (χ3n) is 2.24. The highest BCUT2D eigenvalue weighted by Crippen LogP contribution is 2.03. The SMILES string of the molecule is CCC[C@H](NC(=O)C(C)CCN)C(=O)O. The monoisotopic (exact) mass is 216 g/mol. The van der Waals surface area contributed by atoms with E-state index in [0.29, 0.717) is 19.4 Å². The molecule has 0 fully saturated rings. The summed E-state index contributed by atoms with van der Waals surface area (Å²) in [7, 11) is 0. The van der Waals surface area contributed by atoms with Gasteiger partial charge in [0, 0.05) is 5.92 Å². The van der Waals surface area contributed by atoms with Crippen LogP contribution in [0.3, 0.4) is 0 Å². The molecule has 0 aliphatic heterocycles. The molecular formula is C10H20N2O3. The van der Waals surface area contributed by atoms with Crippen LogP contribution in [-0.2, 0) is 9.59 Å². The van der Waals surface area contributed by atoms with Crippen LogP contribution in [0.5, 0.6) is 0 Å². The van der Waals surface area contributed by atoms with Crippen molar-refractivity contribution in [3.63, 3.8) is 0 Å². The molecule has 0 bridgehead atoms. The van der Waals surface area contributed by atoms with Crippen LogP contribution >= 0.6 is 0 Å². The summed E-state index contributed by atoms with van der Waals surface area (Å²) in [4.78, 5) is 22.3. The van der Waals surface area contributed by atoms with Gasteiger partial charge in [-0.15, -0.1) is 0 Å². The smallest absolute Gasteiger partial charge is 0.326 e. The average molecular weight is 216 g/mol. The molecule has 0 saturated carbocycles. The molecule has 0 aromatic carbocycles. The fourth-order valence-corrected chi connectivity index (χ4v) is 1.24. The summed E-state index contributed by atoms with van der Waals surface area (Å²) in [6.45, 7) is 4.05. The van der Waals surface area contributed by atoms with Gasteiger partial charge in [0.15, 0.2) is 0 Å². The van der Waals surface area contributed by atoms with Crippen molar-refractivity contribution < 1.29 is 14.7 Å². The predicted octanol–water partition coefficient (Wildman–Crippen LogP) is 0.341. The van der Waals surface area contributed by atoms with E-state index in [1.807, 2.05) is 6.92 Å². The molecule has 4 N–H and O–H groups in total. The molecule has 0 aromatic rings. The van der Waals surface area contributed by atoms with Gasteiger partial charge < -0.3 is 16.2 Å². The van der Waals surface area contributed by atoms with Crippen LogP contribution in [0.4, 0.5) is 0 Å². The number of aliphatic carboxylic acids is 1. The fraction of sp³-hybridized carbons (Fsp3) is 0.800. The zero-order chi connectivity index (χ0) is 11.8. The molecule has 5 nitrogen and oxygen atoms in total. The van der Waals surface area contributed by atoms with Crippen molar-refractivity contribution in [3.05, 3.63) is 0 Å². The second-order valence-electron chi connectivity index (χ2n) is 3.67. The van der Waals surface area contributed by atoms with Crippen LogP contribution in [0.2, 0.25) is 0 Å². The van der Waals surface area contributed by atoms with Crippen molar-refractivity contribution in [2.24, 2.45) is 11.7 Å². The van der Waals surface area contributed by atoms with Gasteiger partial charge in [0.2, 0.25) is 5.91 Å². The zero-order valence-electron chi connectivity index (χ0n) is 9.32. The number of hydrogen-bond acceptors (Lipinski definition) is 3. The van der Waals surface area contributed by atoms with Gasteiger partial charge in [0.05, 0.1) is 0 Å². The molecule has 0 radical (unpaired) electrons. The first-order chi connectivity index (χ1) is 7.02. The van der Waals surface area contributed by atoms with E-state index in [1.54, 1.807) is 6.92 Å². The average Bonchev–Trinajstić information content (AvgIpc) is 2.17. The quantitative estimate of drug-likeness (QED) is 0.572. The van der Waals surface area contributed by atoms with Gasteiger partial charge in [0.25, 0.3) is 0 Å². The molecule has 1 unspecified atom stereocenters. The highest BCUT2D eigenvalue weighted by atomic mass is 16.4. The molecular weight excluding hydrogens is 196 g/mol. The summed E-state index contributed by atoms with van der Waals surface area (Å²) < 4.78 is 0. The lowest BCUT2D eigenvalue weighted by molar-refractivity contribution is -0.142. The Morgan fingerprint density at radius 1 is 1.40 bits per heavy atom. The first kappa shape index (κ1) is 13.9. The third-order valence-corrected chi connectivity index (χ3v) is 2.24. The van der Waals surface area contributed by atoms with E-state index in [2.05, 4.69) is 5.32 Å². The van der Waals surface area contributed by atoms with Crippen LogP contribution in [0, 0.1) is 5.92 Å². The normalized spacial score (nSPS) is 14.3. The number of rotatable bonds is 7. The van der Waals surface area contributed by atoms with E-state index >= 15 is 0 Å². The summed E-state index contributed by atoms with van der Waals surface area (Å²) in [5, 5.41) is 11.3. The minimum atomic E-state index is -0.981. The second-order valence-corrected chi connectivity index (χ2v) is 3.67. The first-order valence-electron chi connectivity index (χ1n) is 5.26. The largest absolute Gasteiger partial charge is 0.480 e. The van der Waals surface area contributed by atoms with E-state index < -0.39 is 12.0 Å². The minimum absolute atomic E-state index is 0.228. The fourth-order valence-electron chi connectivity index (χ4n) is 1.24. The lowest BCUT2D eigenvalue weighted by Gasteiger charge is -2.16. The Kier molecular flexibility index (Phi) is 6.70. The molecule has 88 valence electrons. The van der Waals surface area contributed by atoms with Gasteiger partial charge in [-0.3, -0.25) is 4.79 Å². The minimum Gasteiger partial charge on any atom is -0.480 e. The standard InChI is InChI=1S/C10H20N2O3/c1-3-4-8(10(14)15)12-9(13)7(2)5-6-11/h7-8H,3-6,11H2,1-2H3,(H,12,13)(H,14,15)/t7?,8-/m0/s1. The molecule has 0 rings (SSSR count). The van der Waals surface area contributed by atoms with Crippen molar-refractivity contribution >= 4 is 11.9 Å². The van der Waals surface area contributed by atoms with E-state index in [0.717, 1.165) is 6.42 Å². The molecule has 0 spiro atoms. The van der Waals surface area contributed by atoms with Crippen molar-refractivity contribution in [2.75, 3.05) is 6.54 Å². The molecule has 0 heterocycles. The van der Waals surface area contributed by atoms with Crippen molar-refractivity contribution in [1.82, 2.24) is 5.32 Å². The lowest BCUT2D eigenvalue weighted by atomic mass is 10.1. The predicted molar refractivity (Wildman–Crippen MR) is 57.3 cm³/mol. The van der Waals surface area contributed by atoms with Crippen LogP contribution in [0.25, 0.3) is 0 Å². The number of nitrogens with two attached hydrogens (primary N) is 1. The molecule has 2 atom stereocenters. The number of carbonyl (C=O) groups is 2. The lowest BCUT2D eigenvalue weighted by Crippen LogP contribution is -2.43. The highest BCUT2D eigenvalue weighted by molar-refractivity contribution is 5.84. The highest BCUT2D eigenvalue weighted by Gasteiger charge is 2.21. The summed E-state index contributed by atoms with van der Waals surface area (Å²) in [6, 6.07) is -0.775. The van der Waals surface area contributed by atoms with Crippen molar-refractivity contribution in [1.29, 1.82) is 0 Å². The number of carboxylic acids is 1. The van der Waals surface area contributed by atoms with E-state index in [4.69, 9.17) is 10.8 Å². The van der Waals surface area contributed by atoms with Crippen molar-refractivity contribution in [2.45, 2.75) is 39.2 Å². The molecule has 0 aromatic heterocycles. The maximum atomic E-state index is 11.5. The first-order valence-corrected chi connectivity index (χ1v) is 5.26. The van der Waals surface area contributed by atoms with E-state index in [-0.39, 0.29) is 11.8 Å². The van der Waals surface area contributed by atoms with Gasteiger partial charge in [0.1, 0.15) is 6.04 Å². The Balaban J connectivity index is 4.15. The number of amides is 1. The summed E-state index contributed by atoms with van der Waals surface area (Å²) >= 11 is 0. The maximum absolute atomic E-state index is 11.5. The molecule has 0 saturated heterocycles. The topological polar surface area (TPSA) is 92.4 Å².